The second kappa shape index (κ2) is 5.88. The molecule has 122 valence electrons. The summed E-state index contributed by atoms with van der Waals surface area (Å²) in [7, 11) is 1.75. The third-order valence-corrected chi connectivity index (χ3v) is 5.44. The zero-order valence-corrected chi connectivity index (χ0v) is 14.3. The molecule has 1 fully saturated rings. The van der Waals surface area contributed by atoms with E-state index in [2.05, 4.69) is 10.3 Å². The number of pyridine rings is 1. The van der Waals surface area contributed by atoms with Gasteiger partial charge in [-0.2, -0.15) is 0 Å². The second-order valence-electron chi connectivity index (χ2n) is 6.22. The summed E-state index contributed by atoms with van der Waals surface area (Å²) in [5.74, 6) is 0.428. The van der Waals surface area contributed by atoms with E-state index < -0.39 is 10.8 Å². The number of fused-ring (bicyclic) bond motifs is 1. The Kier molecular flexibility index (Phi) is 4.06. The zero-order valence-electron chi connectivity index (χ0n) is 13.4. The molecule has 3 heterocycles. The van der Waals surface area contributed by atoms with Crippen LogP contribution in [-0.2, 0) is 16.1 Å². The smallest absolute Gasteiger partial charge is 0.246 e. The van der Waals surface area contributed by atoms with E-state index in [9.17, 15) is 9.59 Å². The summed E-state index contributed by atoms with van der Waals surface area (Å²) in [5, 5.41) is 2.83. The number of likely N-dealkylation sites (N-methyl/N-ethyl adjacent to an activating group) is 1. The summed E-state index contributed by atoms with van der Waals surface area (Å²) < 4.78 is 1.48. The number of nitrogens with one attached hydrogen (secondary N) is 1. The summed E-state index contributed by atoms with van der Waals surface area (Å²) in [6.45, 7) is 4.19. The lowest BCUT2D eigenvalue weighted by molar-refractivity contribution is -0.136. The largest absolute Gasteiger partial charge is 0.342 e. The van der Waals surface area contributed by atoms with E-state index in [1.807, 2.05) is 42.6 Å². The van der Waals surface area contributed by atoms with Crippen LogP contribution in [0.5, 0.6) is 0 Å². The second-order valence-corrected chi connectivity index (χ2v) is 7.86. The average molecular weight is 332 g/mol. The molecular formula is C16H20N4O2S. The number of nitrogens with zero attached hydrogens (tertiary/aromatic N) is 3. The minimum absolute atomic E-state index is 0.0766. The molecule has 1 atom stereocenters. The zero-order chi connectivity index (χ0) is 16.6. The third kappa shape index (κ3) is 3.06. The lowest BCUT2D eigenvalue weighted by Crippen LogP contribution is -2.57. The molecule has 2 aromatic heterocycles. The predicted octanol–water partition coefficient (Wildman–Crippen LogP) is 1.30. The Hall–Kier alpha value is -2.02. The fraction of sp³-hybridized carbons (Fsp3) is 0.438. The van der Waals surface area contributed by atoms with Gasteiger partial charge in [0.15, 0.2) is 0 Å². The number of amides is 2. The van der Waals surface area contributed by atoms with E-state index in [1.165, 1.54) is 11.8 Å². The van der Waals surface area contributed by atoms with Gasteiger partial charge in [-0.3, -0.25) is 9.59 Å². The highest BCUT2D eigenvalue weighted by atomic mass is 32.2. The van der Waals surface area contributed by atoms with Crippen molar-refractivity contribution in [2.24, 2.45) is 0 Å². The van der Waals surface area contributed by atoms with Gasteiger partial charge in [0.25, 0.3) is 0 Å². The van der Waals surface area contributed by atoms with Crippen LogP contribution in [0.2, 0.25) is 0 Å². The van der Waals surface area contributed by atoms with Gasteiger partial charge in [-0.1, -0.05) is 6.07 Å². The Balaban J connectivity index is 1.70. The Bertz CT molecular complexity index is 755. The fourth-order valence-electron chi connectivity index (χ4n) is 2.55. The molecule has 0 aliphatic carbocycles. The van der Waals surface area contributed by atoms with E-state index in [0.29, 0.717) is 12.3 Å². The maximum absolute atomic E-state index is 12.6. The molecule has 1 N–H and O–H groups in total. The quantitative estimate of drug-likeness (QED) is 0.920. The monoisotopic (exact) mass is 332 g/mol. The van der Waals surface area contributed by atoms with Crippen molar-refractivity contribution in [3.8, 4) is 0 Å². The normalized spacial score (nSPS) is 20.3. The van der Waals surface area contributed by atoms with Crippen molar-refractivity contribution in [1.82, 2.24) is 19.6 Å². The number of hydrogen-bond acceptors (Lipinski definition) is 4. The number of hydrogen-bond donors (Lipinski definition) is 1. The highest BCUT2D eigenvalue weighted by molar-refractivity contribution is 8.01. The molecule has 0 radical (unpaired) electrons. The van der Waals surface area contributed by atoms with Gasteiger partial charge in [0.2, 0.25) is 11.8 Å². The molecule has 1 saturated heterocycles. The number of rotatable bonds is 3. The highest BCUT2D eigenvalue weighted by Gasteiger charge is 2.38. The maximum Gasteiger partial charge on any atom is 0.246 e. The molecule has 3 rings (SSSR count). The molecule has 2 amide bonds. The van der Waals surface area contributed by atoms with Gasteiger partial charge >= 0.3 is 0 Å². The topological polar surface area (TPSA) is 66.7 Å². The van der Waals surface area contributed by atoms with Gasteiger partial charge < -0.3 is 14.6 Å². The van der Waals surface area contributed by atoms with Crippen molar-refractivity contribution >= 4 is 29.2 Å². The van der Waals surface area contributed by atoms with Crippen LogP contribution in [0, 0.1) is 0 Å². The molecule has 0 spiro atoms. The van der Waals surface area contributed by atoms with E-state index in [0.717, 1.165) is 11.3 Å². The van der Waals surface area contributed by atoms with E-state index in [4.69, 9.17) is 0 Å². The molecule has 0 bridgehead atoms. The first kappa shape index (κ1) is 15.9. The molecular weight excluding hydrogens is 312 g/mol. The maximum atomic E-state index is 12.6. The van der Waals surface area contributed by atoms with Crippen LogP contribution in [0.3, 0.4) is 0 Å². The first-order chi connectivity index (χ1) is 10.9. The number of carbonyl (C=O) groups is 2. The Morgan fingerprint density at radius 2 is 2.30 bits per heavy atom. The van der Waals surface area contributed by atoms with E-state index in [1.54, 1.807) is 18.1 Å². The van der Waals surface area contributed by atoms with Crippen molar-refractivity contribution in [1.29, 1.82) is 0 Å². The van der Waals surface area contributed by atoms with Crippen LogP contribution in [0.15, 0.2) is 30.6 Å². The van der Waals surface area contributed by atoms with Crippen molar-refractivity contribution in [2.75, 3.05) is 12.8 Å². The van der Waals surface area contributed by atoms with E-state index >= 15 is 0 Å². The fourth-order valence-corrected chi connectivity index (χ4v) is 3.55. The van der Waals surface area contributed by atoms with E-state index in [-0.39, 0.29) is 11.8 Å². The lowest BCUT2D eigenvalue weighted by atomic mass is 10.1. The Morgan fingerprint density at radius 3 is 3.04 bits per heavy atom. The van der Waals surface area contributed by atoms with Gasteiger partial charge in [0, 0.05) is 19.0 Å². The first-order valence-electron chi connectivity index (χ1n) is 7.49. The van der Waals surface area contributed by atoms with Crippen LogP contribution in [0.1, 0.15) is 19.5 Å². The minimum Gasteiger partial charge on any atom is -0.342 e. The van der Waals surface area contributed by atoms with Gasteiger partial charge in [0.05, 0.1) is 23.2 Å². The predicted molar refractivity (Wildman–Crippen MR) is 90.1 cm³/mol. The molecule has 0 unspecified atom stereocenters. The molecule has 23 heavy (non-hydrogen) atoms. The molecule has 0 aromatic carbocycles. The molecule has 1 aliphatic heterocycles. The summed E-state index contributed by atoms with van der Waals surface area (Å²) in [6, 6.07) is 5.31. The van der Waals surface area contributed by atoms with Crippen LogP contribution in [0.4, 0.5) is 0 Å². The molecule has 6 nitrogen and oxygen atoms in total. The summed E-state index contributed by atoms with van der Waals surface area (Å²) in [6.07, 6.45) is 3.70. The summed E-state index contributed by atoms with van der Waals surface area (Å²) in [4.78, 5) is 30.6. The van der Waals surface area contributed by atoms with Gasteiger partial charge in [-0.25, -0.2) is 4.98 Å². The Labute approximate surface area is 139 Å². The molecule has 7 heteroatoms. The van der Waals surface area contributed by atoms with Gasteiger partial charge in [0.1, 0.15) is 11.7 Å². The standard InChI is InChI=1S/C16H20N4O2S/c1-16(2)15(22)18-12(10-23-16)14(21)19(3)9-11-8-17-13-6-4-5-7-20(11)13/h4-8,12H,9-10H2,1-3H3,(H,18,22)/t12-/m0/s1. The number of carbonyl (C=O) groups excluding carboxylic acids is 2. The highest BCUT2D eigenvalue weighted by Crippen LogP contribution is 2.29. The number of aromatic nitrogens is 2. The van der Waals surface area contributed by atoms with Crippen LogP contribution < -0.4 is 5.32 Å². The average Bonchev–Trinajstić information content (AvgIpc) is 2.92. The minimum atomic E-state index is -0.475. The number of thioether (sulfide) groups is 1. The van der Waals surface area contributed by atoms with Crippen LogP contribution in [-0.4, -0.2) is 49.7 Å². The van der Waals surface area contributed by atoms with Gasteiger partial charge in [-0.15, -0.1) is 11.8 Å². The first-order valence-corrected chi connectivity index (χ1v) is 8.48. The van der Waals surface area contributed by atoms with Crippen molar-refractivity contribution in [3.63, 3.8) is 0 Å². The number of imidazole rings is 1. The molecule has 1 aliphatic rings. The summed E-state index contributed by atoms with van der Waals surface area (Å²) >= 11 is 1.52. The lowest BCUT2D eigenvalue weighted by Gasteiger charge is -2.34. The van der Waals surface area contributed by atoms with Crippen LogP contribution >= 0.6 is 11.8 Å². The SMILES string of the molecule is CN(Cc1cnc2ccccn12)C(=O)[C@@H]1CSC(C)(C)C(=O)N1. The van der Waals surface area contributed by atoms with Crippen molar-refractivity contribution < 1.29 is 9.59 Å². The third-order valence-electron chi connectivity index (χ3n) is 4.03. The van der Waals surface area contributed by atoms with Gasteiger partial charge in [-0.05, 0) is 26.0 Å². The molecule has 0 saturated carbocycles. The summed E-state index contributed by atoms with van der Waals surface area (Å²) in [5.41, 5.74) is 1.79. The molecule has 2 aromatic rings. The van der Waals surface area contributed by atoms with Crippen LogP contribution in [0.25, 0.3) is 5.65 Å². The van der Waals surface area contributed by atoms with Crippen molar-refractivity contribution in [2.45, 2.75) is 31.2 Å². The Morgan fingerprint density at radius 1 is 1.52 bits per heavy atom. The van der Waals surface area contributed by atoms with Crippen molar-refractivity contribution in [3.05, 3.63) is 36.3 Å².